The Bertz CT molecular complexity index is 1140. The highest BCUT2D eigenvalue weighted by Gasteiger charge is 2.18. The van der Waals surface area contributed by atoms with Crippen molar-refractivity contribution >= 4 is 28.5 Å². The van der Waals surface area contributed by atoms with Crippen LogP contribution in [0.25, 0.3) is 10.9 Å². The van der Waals surface area contributed by atoms with Gasteiger partial charge < -0.3 is 19.5 Å². The van der Waals surface area contributed by atoms with Gasteiger partial charge in [0.2, 0.25) is 5.43 Å². The monoisotopic (exact) mass is 419 g/mol. The molecule has 29 heavy (non-hydrogen) atoms. The summed E-state index contributed by atoms with van der Waals surface area (Å²) in [5, 5.41) is 18.7. The SMILES string of the molecule is COc1cc2c(cc1Cc1cccc(Cl)c1F)c(=O)c(C(=O)O)cn2CCCO. The highest BCUT2D eigenvalue weighted by atomic mass is 35.5. The number of aromatic nitrogens is 1. The van der Waals surface area contributed by atoms with Gasteiger partial charge in [0.25, 0.3) is 0 Å². The van der Waals surface area contributed by atoms with Crippen LogP contribution in [0.1, 0.15) is 27.9 Å². The van der Waals surface area contributed by atoms with E-state index in [1.54, 1.807) is 22.8 Å². The Kier molecular flexibility index (Phi) is 6.20. The Labute approximate surface area is 170 Å². The number of nitrogens with zero attached hydrogens (tertiary/aromatic N) is 1. The molecule has 0 amide bonds. The van der Waals surface area contributed by atoms with E-state index >= 15 is 0 Å². The number of pyridine rings is 1. The smallest absolute Gasteiger partial charge is 0.341 e. The van der Waals surface area contributed by atoms with Gasteiger partial charge in [-0.1, -0.05) is 23.7 Å². The second kappa shape index (κ2) is 8.63. The number of rotatable bonds is 7. The van der Waals surface area contributed by atoms with E-state index in [1.165, 1.54) is 25.4 Å². The number of methoxy groups -OCH3 is 1. The summed E-state index contributed by atoms with van der Waals surface area (Å²) in [4.78, 5) is 24.3. The van der Waals surface area contributed by atoms with Crippen LogP contribution in [0.5, 0.6) is 5.75 Å². The summed E-state index contributed by atoms with van der Waals surface area (Å²) >= 11 is 5.85. The molecule has 3 rings (SSSR count). The summed E-state index contributed by atoms with van der Waals surface area (Å²) in [6.45, 7) is 0.234. The molecule has 0 aliphatic heterocycles. The molecule has 3 aromatic rings. The van der Waals surface area contributed by atoms with Gasteiger partial charge >= 0.3 is 5.97 Å². The lowest BCUT2D eigenvalue weighted by molar-refractivity contribution is 0.0695. The minimum atomic E-state index is -1.34. The molecular weight excluding hydrogens is 401 g/mol. The summed E-state index contributed by atoms with van der Waals surface area (Å²) < 4.78 is 21.4. The van der Waals surface area contributed by atoms with E-state index in [4.69, 9.17) is 21.4 Å². The Morgan fingerprint density at radius 2 is 2.03 bits per heavy atom. The summed E-state index contributed by atoms with van der Waals surface area (Å²) in [5.74, 6) is -1.47. The third-order valence-electron chi connectivity index (χ3n) is 4.68. The number of carboxylic acids is 1. The normalized spacial score (nSPS) is 11.0. The molecule has 2 aromatic carbocycles. The van der Waals surface area contributed by atoms with E-state index in [0.29, 0.717) is 35.4 Å². The number of halogens is 2. The summed E-state index contributed by atoms with van der Waals surface area (Å²) in [7, 11) is 1.46. The number of hydrogen-bond donors (Lipinski definition) is 2. The van der Waals surface area contributed by atoms with Crippen molar-refractivity contribution in [1.82, 2.24) is 4.57 Å². The second-order valence-corrected chi connectivity index (χ2v) is 6.93. The number of fused-ring (bicyclic) bond motifs is 1. The largest absolute Gasteiger partial charge is 0.496 e. The third kappa shape index (κ3) is 4.11. The minimum Gasteiger partial charge on any atom is -0.496 e. The molecular formula is C21H19ClFNO5. The molecule has 1 aromatic heterocycles. The van der Waals surface area contributed by atoms with Gasteiger partial charge in [0.1, 0.15) is 17.1 Å². The third-order valence-corrected chi connectivity index (χ3v) is 4.97. The number of carboxylic acid groups (broad SMARTS) is 1. The number of aliphatic hydroxyl groups excluding tert-OH is 1. The highest BCUT2D eigenvalue weighted by Crippen LogP contribution is 2.29. The molecule has 0 aliphatic rings. The molecule has 0 aliphatic carbocycles. The van der Waals surface area contributed by atoms with Gasteiger partial charge in [-0.05, 0) is 29.7 Å². The summed E-state index contributed by atoms with van der Waals surface area (Å²) in [5.41, 5.74) is 0.309. The minimum absolute atomic E-state index is 0.0122. The molecule has 0 saturated heterocycles. The first-order chi connectivity index (χ1) is 13.9. The van der Waals surface area contributed by atoms with E-state index in [9.17, 15) is 19.1 Å². The number of aryl methyl sites for hydroxylation is 1. The van der Waals surface area contributed by atoms with E-state index in [-0.39, 0.29) is 29.0 Å². The molecule has 1 heterocycles. The molecule has 0 radical (unpaired) electrons. The van der Waals surface area contributed by atoms with Crippen LogP contribution in [0.2, 0.25) is 5.02 Å². The zero-order valence-electron chi connectivity index (χ0n) is 15.6. The lowest BCUT2D eigenvalue weighted by Crippen LogP contribution is -2.19. The first-order valence-electron chi connectivity index (χ1n) is 8.88. The fourth-order valence-corrected chi connectivity index (χ4v) is 3.45. The lowest BCUT2D eigenvalue weighted by atomic mass is 10.00. The Balaban J connectivity index is 2.24. The van der Waals surface area contributed by atoms with Gasteiger partial charge in [0, 0.05) is 37.2 Å². The van der Waals surface area contributed by atoms with E-state index in [2.05, 4.69) is 0 Å². The zero-order chi connectivity index (χ0) is 21.1. The molecule has 0 bridgehead atoms. The second-order valence-electron chi connectivity index (χ2n) is 6.52. The maximum Gasteiger partial charge on any atom is 0.341 e. The van der Waals surface area contributed by atoms with Crippen LogP contribution in [0.15, 0.2) is 41.3 Å². The van der Waals surface area contributed by atoms with Crippen LogP contribution in [-0.4, -0.2) is 34.5 Å². The molecule has 8 heteroatoms. The fraction of sp³-hybridized carbons (Fsp3) is 0.238. The average Bonchev–Trinajstić information content (AvgIpc) is 2.70. The number of aromatic carboxylic acids is 1. The molecule has 0 spiro atoms. The number of aliphatic hydroxyl groups is 1. The zero-order valence-corrected chi connectivity index (χ0v) is 16.4. The van der Waals surface area contributed by atoms with Crippen molar-refractivity contribution in [2.75, 3.05) is 13.7 Å². The van der Waals surface area contributed by atoms with Gasteiger partial charge in [0.05, 0.1) is 17.6 Å². The van der Waals surface area contributed by atoms with Crippen molar-refractivity contribution in [2.24, 2.45) is 0 Å². The lowest BCUT2D eigenvalue weighted by Gasteiger charge is -2.16. The van der Waals surface area contributed by atoms with Crippen molar-refractivity contribution in [2.45, 2.75) is 19.4 Å². The van der Waals surface area contributed by atoms with Crippen molar-refractivity contribution < 1.29 is 24.1 Å². The fourth-order valence-electron chi connectivity index (χ4n) is 3.26. The van der Waals surface area contributed by atoms with Gasteiger partial charge in [0.15, 0.2) is 0 Å². The molecule has 0 unspecified atom stereocenters. The van der Waals surface area contributed by atoms with Crippen molar-refractivity contribution in [3.8, 4) is 5.75 Å². The molecule has 2 N–H and O–H groups in total. The Morgan fingerprint density at radius 3 is 2.69 bits per heavy atom. The number of hydrogen-bond acceptors (Lipinski definition) is 4. The molecule has 6 nitrogen and oxygen atoms in total. The molecule has 0 saturated carbocycles. The van der Waals surface area contributed by atoms with Crippen LogP contribution < -0.4 is 10.2 Å². The van der Waals surface area contributed by atoms with Crippen LogP contribution in [0.4, 0.5) is 4.39 Å². The predicted octanol–water partition coefficient (Wildman–Crippen LogP) is 3.47. The Hall–Kier alpha value is -2.90. The quantitative estimate of drug-likeness (QED) is 0.612. The van der Waals surface area contributed by atoms with Crippen molar-refractivity contribution in [3.63, 3.8) is 0 Å². The van der Waals surface area contributed by atoms with Gasteiger partial charge in [-0.25, -0.2) is 9.18 Å². The average molecular weight is 420 g/mol. The van der Waals surface area contributed by atoms with Crippen molar-refractivity contribution in [3.05, 3.63) is 74.3 Å². The first-order valence-corrected chi connectivity index (χ1v) is 9.26. The van der Waals surface area contributed by atoms with Gasteiger partial charge in [-0.2, -0.15) is 0 Å². The van der Waals surface area contributed by atoms with Crippen LogP contribution in [0, 0.1) is 5.82 Å². The van der Waals surface area contributed by atoms with E-state index in [1.807, 2.05) is 0 Å². The first kappa shape index (κ1) is 20.8. The van der Waals surface area contributed by atoms with Gasteiger partial charge in [-0.3, -0.25) is 4.79 Å². The maximum atomic E-state index is 14.3. The molecule has 0 atom stereocenters. The number of ether oxygens (including phenoxy) is 1. The standard InChI is InChI=1S/C21H19ClFNO5/c1-29-18-10-17-14(9-13(18)8-12-4-2-5-16(22)19(12)23)20(26)15(21(27)28)11-24(17)6-3-7-25/h2,4-5,9-11,25H,3,6-8H2,1H3,(H,27,28). The predicted molar refractivity (Wildman–Crippen MR) is 108 cm³/mol. The topological polar surface area (TPSA) is 88.8 Å². The highest BCUT2D eigenvalue weighted by molar-refractivity contribution is 6.30. The van der Waals surface area contributed by atoms with Crippen molar-refractivity contribution in [1.29, 1.82) is 0 Å². The van der Waals surface area contributed by atoms with Gasteiger partial charge in [-0.15, -0.1) is 0 Å². The van der Waals surface area contributed by atoms with Crippen LogP contribution >= 0.6 is 11.6 Å². The molecule has 0 fully saturated rings. The van der Waals surface area contributed by atoms with Crippen LogP contribution in [-0.2, 0) is 13.0 Å². The summed E-state index contributed by atoms with van der Waals surface area (Å²) in [6.07, 6.45) is 1.76. The van der Waals surface area contributed by atoms with Crippen LogP contribution in [0.3, 0.4) is 0 Å². The van der Waals surface area contributed by atoms with E-state index in [0.717, 1.165) is 0 Å². The molecule has 152 valence electrons. The Morgan fingerprint density at radius 1 is 1.28 bits per heavy atom. The summed E-state index contributed by atoms with van der Waals surface area (Å²) in [6, 6.07) is 7.80. The number of benzene rings is 2. The number of carbonyl (C=O) groups is 1. The van der Waals surface area contributed by atoms with E-state index < -0.39 is 17.2 Å². The maximum absolute atomic E-state index is 14.3.